The van der Waals surface area contributed by atoms with Gasteiger partial charge in [0.15, 0.2) is 0 Å². The van der Waals surface area contributed by atoms with Gasteiger partial charge in [0.1, 0.15) is 0 Å². The maximum Gasteiger partial charge on any atom is 0.219 e. The van der Waals surface area contributed by atoms with Gasteiger partial charge in [0.2, 0.25) is 5.91 Å². The molecule has 1 amide bonds. The van der Waals surface area contributed by atoms with E-state index in [9.17, 15) is 4.79 Å². The van der Waals surface area contributed by atoms with Gasteiger partial charge in [-0.25, -0.2) is 0 Å². The molecule has 0 aromatic heterocycles. The summed E-state index contributed by atoms with van der Waals surface area (Å²) in [7, 11) is 0. The van der Waals surface area contributed by atoms with Crippen LogP contribution in [0.4, 0.5) is 0 Å². The highest BCUT2D eigenvalue weighted by molar-refractivity contribution is 5.74. The molecule has 2 rings (SSSR count). The lowest BCUT2D eigenvalue weighted by atomic mass is 9.82. The lowest BCUT2D eigenvalue weighted by Gasteiger charge is -2.40. The van der Waals surface area contributed by atoms with Gasteiger partial charge in [-0.05, 0) is 37.5 Å². The molecule has 0 aromatic carbocycles. The highest BCUT2D eigenvalue weighted by atomic mass is 16.2. The van der Waals surface area contributed by atoms with Crippen LogP contribution in [-0.2, 0) is 4.79 Å². The second-order valence-electron chi connectivity index (χ2n) is 5.29. The van der Waals surface area contributed by atoms with Gasteiger partial charge in [0, 0.05) is 19.0 Å². The Balaban J connectivity index is 2.08. The molecule has 0 aliphatic carbocycles. The van der Waals surface area contributed by atoms with Gasteiger partial charge in [0.05, 0.1) is 0 Å². The Labute approximate surface area is 86.7 Å². The first-order valence-electron chi connectivity index (χ1n) is 5.88. The summed E-state index contributed by atoms with van der Waals surface area (Å²) < 4.78 is 0. The number of amides is 1. The van der Waals surface area contributed by atoms with Gasteiger partial charge in [-0.1, -0.05) is 13.8 Å². The average molecular weight is 195 g/mol. The van der Waals surface area contributed by atoms with Gasteiger partial charge < -0.3 is 4.90 Å². The number of fused-ring (bicyclic) bond motifs is 2. The van der Waals surface area contributed by atoms with Crippen LogP contribution in [0.5, 0.6) is 0 Å². The van der Waals surface area contributed by atoms with Crippen LogP contribution in [0.15, 0.2) is 0 Å². The summed E-state index contributed by atoms with van der Waals surface area (Å²) in [4.78, 5) is 13.6. The summed E-state index contributed by atoms with van der Waals surface area (Å²) in [6, 6.07) is 1.14. The van der Waals surface area contributed by atoms with Gasteiger partial charge >= 0.3 is 0 Å². The number of hydrogen-bond acceptors (Lipinski definition) is 1. The highest BCUT2D eigenvalue weighted by Crippen LogP contribution is 2.41. The van der Waals surface area contributed by atoms with Gasteiger partial charge in [-0.2, -0.15) is 0 Å². The van der Waals surface area contributed by atoms with E-state index in [1.165, 1.54) is 25.7 Å². The number of nitrogens with zero attached hydrogens (tertiary/aromatic N) is 1. The molecule has 0 aromatic rings. The number of carbonyl (C=O) groups is 1. The number of rotatable bonds is 1. The van der Waals surface area contributed by atoms with Crippen LogP contribution in [0.25, 0.3) is 0 Å². The van der Waals surface area contributed by atoms with Crippen molar-refractivity contribution in [2.75, 3.05) is 0 Å². The third kappa shape index (κ3) is 1.55. The minimum atomic E-state index is 0.291. The van der Waals surface area contributed by atoms with Gasteiger partial charge in [0.25, 0.3) is 0 Å². The molecule has 2 heterocycles. The number of piperidine rings is 1. The zero-order chi connectivity index (χ0) is 10.3. The minimum Gasteiger partial charge on any atom is -0.337 e. The van der Waals surface area contributed by atoms with Crippen LogP contribution in [0, 0.1) is 11.8 Å². The normalized spacial score (nSPS) is 36.6. The van der Waals surface area contributed by atoms with E-state index < -0.39 is 0 Å². The molecule has 0 saturated carbocycles. The van der Waals surface area contributed by atoms with E-state index in [2.05, 4.69) is 18.7 Å². The molecular weight excluding hydrogens is 174 g/mol. The first-order chi connectivity index (χ1) is 6.59. The first kappa shape index (κ1) is 10.0. The molecule has 2 nitrogen and oxygen atoms in total. The first-order valence-corrected chi connectivity index (χ1v) is 5.88. The van der Waals surface area contributed by atoms with Gasteiger partial charge in [-0.3, -0.25) is 4.79 Å². The Morgan fingerprint density at radius 1 is 1.21 bits per heavy atom. The predicted octanol–water partition coefficient (Wildman–Crippen LogP) is 2.43. The van der Waals surface area contributed by atoms with E-state index in [0.29, 0.717) is 18.0 Å². The quantitative estimate of drug-likeness (QED) is 0.629. The third-order valence-electron chi connectivity index (χ3n) is 4.08. The summed E-state index contributed by atoms with van der Waals surface area (Å²) >= 11 is 0. The second-order valence-corrected chi connectivity index (χ2v) is 5.29. The number of carbonyl (C=O) groups excluding carboxylic acids is 1. The molecule has 80 valence electrons. The van der Waals surface area contributed by atoms with Crippen LogP contribution >= 0.6 is 0 Å². The molecule has 2 aliphatic rings. The van der Waals surface area contributed by atoms with E-state index >= 15 is 0 Å². The fourth-order valence-electron chi connectivity index (χ4n) is 3.28. The summed E-state index contributed by atoms with van der Waals surface area (Å²) in [5, 5.41) is 0. The minimum absolute atomic E-state index is 0.291. The zero-order valence-corrected chi connectivity index (χ0v) is 9.49. The van der Waals surface area contributed by atoms with Crippen molar-refractivity contribution in [3.63, 3.8) is 0 Å². The Hall–Kier alpha value is -0.530. The van der Waals surface area contributed by atoms with Crippen LogP contribution < -0.4 is 0 Å². The second kappa shape index (κ2) is 3.56. The monoisotopic (exact) mass is 195 g/mol. The maximum atomic E-state index is 11.5. The largest absolute Gasteiger partial charge is 0.337 e. The third-order valence-corrected chi connectivity index (χ3v) is 4.08. The van der Waals surface area contributed by atoms with Crippen molar-refractivity contribution in [2.45, 2.75) is 58.5 Å². The van der Waals surface area contributed by atoms with Crippen molar-refractivity contribution >= 4 is 5.91 Å². The van der Waals surface area contributed by atoms with Crippen molar-refractivity contribution < 1.29 is 4.79 Å². The van der Waals surface area contributed by atoms with Crippen molar-refractivity contribution in [3.05, 3.63) is 0 Å². The Morgan fingerprint density at radius 2 is 1.71 bits per heavy atom. The van der Waals surface area contributed by atoms with E-state index in [1.54, 1.807) is 6.92 Å². The summed E-state index contributed by atoms with van der Waals surface area (Å²) in [6.45, 7) is 6.35. The standard InChI is InChI=1S/C12H21NO/c1-8(2)10-6-11-4-5-12(7-10)13(11)9(3)14/h8,10-12H,4-7H2,1-3H3/t10-,11-,12+. The van der Waals surface area contributed by atoms with Crippen molar-refractivity contribution in [1.29, 1.82) is 0 Å². The Morgan fingerprint density at radius 3 is 2.07 bits per heavy atom. The molecule has 2 fully saturated rings. The molecule has 0 unspecified atom stereocenters. The van der Waals surface area contributed by atoms with Crippen LogP contribution in [0.1, 0.15) is 46.5 Å². The summed E-state index contributed by atoms with van der Waals surface area (Å²) in [5.41, 5.74) is 0. The lowest BCUT2D eigenvalue weighted by Crippen LogP contribution is -2.46. The fraction of sp³-hybridized carbons (Fsp3) is 0.917. The molecule has 2 heteroatoms. The molecule has 14 heavy (non-hydrogen) atoms. The molecule has 2 bridgehead atoms. The van der Waals surface area contributed by atoms with E-state index in [4.69, 9.17) is 0 Å². The van der Waals surface area contributed by atoms with E-state index in [0.717, 1.165) is 11.8 Å². The molecule has 2 aliphatic heterocycles. The average Bonchev–Trinajstić information content (AvgIpc) is 2.37. The van der Waals surface area contributed by atoms with Crippen LogP contribution in [-0.4, -0.2) is 22.9 Å². The summed E-state index contributed by atoms with van der Waals surface area (Å²) in [5.74, 6) is 1.93. The summed E-state index contributed by atoms with van der Waals surface area (Å²) in [6.07, 6.45) is 4.97. The molecule has 0 spiro atoms. The van der Waals surface area contributed by atoms with E-state index in [1.807, 2.05) is 0 Å². The maximum absolute atomic E-state index is 11.5. The topological polar surface area (TPSA) is 20.3 Å². The lowest BCUT2D eigenvalue weighted by molar-refractivity contribution is -0.134. The zero-order valence-electron chi connectivity index (χ0n) is 9.49. The molecule has 3 atom stereocenters. The van der Waals surface area contributed by atoms with E-state index in [-0.39, 0.29) is 0 Å². The molecule has 2 saturated heterocycles. The van der Waals surface area contributed by atoms with Crippen molar-refractivity contribution in [3.8, 4) is 0 Å². The van der Waals surface area contributed by atoms with Crippen molar-refractivity contribution in [1.82, 2.24) is 4.90 Å². The highest BCUT2D eigenvalue weighted by Gasteiger charge is 2.42. The molecular formula is C12H21NO. The van der Waals surface area contributed by atoms with Crippen LogP contribution in [0.3, 0.4) is 0 Å². The smallest absolute Gasteiger partial charge is 0.219 e. The number of hydrogen-bond donors (Lipinski definition) is 0. The Bertz CT molecular complexity index is 222. The van der Waals surface area contributed by atoms with Gasteiger partial charge in [-0.15, -0.1) is 0 Å². The fourth-order valence-corrected chi connectivity index (χ4v) is 3.28. The molecule has 0 radical (unpaired) electrons. The van der Waals surface area contributed by atoms with Crippen LogP contribution in [0.2, 0.25) is 0 Å². The predicted molar refractivity (Wildman–Crippen MR) is 56.9 cm³/mol. The SMILES string of the molecule is CC(=O)N1[C@@H]2CC[C@H]1C[C@H](C(C)C)C2. The molecule has 0 N–H and O–H groups in total. The Kier molecular flexibility index (Phi) is 2.54. The van der Waals surface area contributed by atoms with Crippen molar-refractivity contribution in [2.24, 2.45) is 11.8 Å².